The van der Waals surface area contributed by atoms with Crippen molar-refractivity contribution in [2.45, 2.75) is 26.8 Å². The van der Waals surface area contributed by atoms with Crippen molar-refractivity contribution in [3.05, 3.63) is 51.7 Å². The van der Waals surface area contributed by atoms with E-state index in [-0.39, 0.29) is 5.56 Å². The predicted octanol–water partition coefficient (Wildman–Crippen LogP) is 1.29. The molecule has 0 atom stereocenters. The number of aromatic amines is 1. The number of nitrogens with one attached hydrogen (secondary N) is 1. The van der Waals surface area contributed by atoms with Gasteiger partial charge >= 0.3 is 0 Å². The van der Waals surface area contributed by atoms with E-state index in [1.54, 1.807) is 12.4 Å². The number of aromatic nitrogens is 5. The molecule has 4 heterocycles. The number of nitrogens with zero attached hydrogens (tertiary/aromatic N) is 5. The largest absolute Gasteiger partial charge is 0.351 e. The molecule has 4 rings (SSSR count). The number of fused-ring (bicyclic) bond motifs is 2. The molecule has 3 aromatic heterocycles. The lowest BCUT2D eigenvalue weighted by Gasteiger charge is -2.29. The van der Waals surface area contributed by atoms with Crippen LogP contribution in [0.4, 0.5) is 5.82 Å². The summed E-state index contributed by atoms with van der Waals surface area (Å²) in [4.78, 5) is 34.7. The Morgan fingerprint density at radius 2 is 2.09 bits per heavy atom. The van der Waals surface area contributed by atoms with Crippen LogP contribution >= 0.6 is 0 Å². The standard InChI is InChI=1S/C16H16N6O/c1-9-19-14-7-17-5-3-11(14)15(20-9)22-6-4-13-12(8-22)16(23)21-10(2)18-13/h3,5,7H,4,6,8H2,1-2H3,(H,18,21,23). The quantitative estimate of drug-likeness (QED) is 0.729. The monoisotopic (exact) mass is 308 g/mol. The molecule has 1 aliphatic rings. The molecule has 1 aliphatic heterocycles. The molecule has 0 bridgehead atoms. The average molecular weight is 308 g/mol. The van der Waals surface area contributed by atoms with Gasteiger partial charge in [-0.15, -0.1) is 0 Å². The van der Waals surface area contributed by atoms with E-state index in [0.717, 1.165) is 40.9 Å². The maximum Gasteiger partial charge on any atom is 0.256 e. The van der Waals surface area contributed by atoms with Gasteiger partial charge < -0.3 is 9.88 Å². The SMILES string of the molecule is Cc1nc(N2CCc3nc(C)[nH]c(=O)c3C2)c2ccncc2n1. The molecule has 0 saturated heterocycles. The number of rotatable bonds is 1. The minimum atomic E-state index is -0.0612. The van der Waals surface area contributed by atoms with Gasteiger partial charge in [0.15, 0.2) is 0 Å². The second-order valence-corrected chi connectivity index (χ2v) is 5.74. The van der Waals surface area contributed by atoms with Crippen molar-refractivity contribution in [3.8, 4) is 0 Å². The summed E-state index contributed by atoms with van der Waals surface area (Å²) in [5.41, 5.74) is 2.37. The molecule has 0 spiro atoms. The summed E-state index contributed by atoms with van der Waals surface area (Å²) >= 11 is 0. The summed E-state index contributed by atoms with van der Waals surface area (Å²) in [7, 11) is 0. The Labute approximate surface area is 132 Å². The van der Waals surface area contributed by atoms with Crippen LogP contribution in [0.5, 0.6) is 0 Å². The molecule has 116 valence electrons. The number of hydrogen-bond donors (Lipinski definition) is 1. The summed E-state index contributed by atoms with van der Waals surface area (Å²) in [6.45, 7) is 4.95. The third-order valence-corrected chi connectivity index (χ3v) is 4.08. The Kier molecular flexibility index (Phi) is 3.07. The normalized spacial score (nSPS) is 14.1. The first kappa shape index (κ1) is 13.8. The summed E-state index contributed by atoms with van der Waals surface area (Å²) in [6, 6.07) is 1.91. The number of aryl methyl sites for hydroxylation is 2. The third-order valence-electron chi connectivity index (χ3n) is 4.08. The van der Waals surface area contributed by atoms with Crippen LogP contribution in [0.3, 0.4) is 0 Å². The smallest absolute Gasteiger partial charge is 0.256 e. The fourth-order valence-electron chi connectivity index (χ4n) is 3.05. The van der Waals surface area contributed by atoms with Crippen molar-refractivity contribution < 1.29 is 0 Å². The minimum Gasteiger partial charge on any atom is -0.351 e. The first-order valence-corrected chi connectivity index (χ1v) is 7.54. The van der Waals surface area contributed by atoms with Gasteiger partial charge in [-0.3, -0.25) is 9.78 Å². The van der Waals surface area contributed by atoms with E-state index in [1.807, 2.05) is 19.9 Å². The molecule has 0 fully saturated rings. The van der Waals surface area contributed by atoms with Crippen LogP contribution in [0.2, 0.25) is 0 Å². The lowest BCUT2D eigenvalue weighted by atomic mass is 10.1. The number of H-pyrrole nitrogens is 1. The van der Waals surface area contributed by atoms with Crippen LogP contribution in [-0.2, 0) is 13.0 Å². The molecular weight excluding hydrogens is 292 g/mol. The lowest BCUT2D eigenvalue weighted by Crippen LogP contribution is -2.36. The Hall–Kier alpha value is -2.83. The highest BCUT2D eigenvalue weighted by Crippen LogP contribution is 2.26. The van der Waals surface area contributed by atoms with Crippen molar-refractivity contribution in [3.63, 3.8) is 0 Å². The maximum absolute atomic E-state index is 12.2. The molecular formula is C16H16N6O. The van der Waals surface area contributed by atoms with Crippen LogP contribution in [-0.4, -0.2) is 31.5 Å². The summed E-state index contributed by atoms with van der Waals surface area (Å²) in [5.74, 6) is 2.21. The lowest BCUT2D eigenvalue weighted by molar-refractivity contribution is 0.684. The van der Waals surface area contributed by atoms with E-state index in [2.05, 4.69) is 29.8 Å². The molecule has 7 heteroatoms. The van der Waals surface area contributed by atoms with Crippen molar-refractivity contribution in [2.75, 3.05) is 11.4 Å². The van der Waals surface area contributed by atoms with Crippen LogP contribution in [0.25, 0.3) is 10.9 Å². The van der Waals surface area contributed by atoms with E-state index < -0.39 is 0 Å². The highest BCUT2D eigenvalue weighted by atomic mass is 16.1. The van der Waals surface area contributed by atoms with Crippen LogP contribution in [0, 0.1) is 13.8 Å². The summed E-state index contributed by atoms with van der Waals surface area (Å²) < 4.78 is 0. The Morgan fingerprint density at radius 1 is 1.22 bits per heavy atom. The Bertz CT molecular complexity index is 964. The van der Waals surface area contributed by atoms with Gasteiger partial charge in [-0.2, -0.15) is 0 Å². The third kappa shape index (κ3) is 2.34. The molecule has 0 aliphatic carbocycles. The van der Waals surface area contributed by atoms with E-state index >= 15 is 0 Å². The first-order valence-electron chi connectivity index (χ1n) is 7.54. The zero-order valence-corrected chi connectivity index (χ0v) is 13.0. The number of anilines is 1. The van der Waals surface area contributed by atoms with Gasteiger partial charge in [0.1, 0.15) is 17.5 Å². The van der Waals surface area contributed by atoms with Gasteiger partial charge in [-0.1, -0.05) is 0 Å². The van der Waals surface area contributed by atoms with Crippen molar-refractivity contribution in [2.24, 2.45) is 0 Å². The van der Waals surface area contributed by atoms with E-state index in [4.69, 9.17) is 0 Å². The number of hydrogen-bond acceptors (Lipinski definition) is 6. The summed E-state index contributed by atoms with van der Waals surface area (Å²) in [6.07, 6.45) is 4.21. The molecule has 0 unspecified atom stereocenters. The Balaban J connectivity index is 1.83. The van der Waals surface area contributed by atoms with Crippen LogP contribution in [0.15, 0.2) is 23.3 Å². The second-order valence-electron chi connectivity index (χ2n) is 5.74. The zero-order chi connectivity index (χ0) is 16.0. The maximum atomic E-state index is 12.2. The van der Waals surface area contributed by atoms with E-state index in [0.29, 0.717) is 18.2 Å². The summed E-state index contributed by atoms with van der Waals surface area (Å²) in [5, 5.41) is 0.950. The molecule has 0 aromatic carbocycles. The fourth-order valence-corrected chi connectivity index (χ4v) is 3.05. The minimum absolute atomic E-state index is 0.0612. The fraction of sp³-hybridized carbons (Fsp3) is 0.312. The molecule has 0 saturated carbocycles. The van der Waals surface area contributed by atoms with Crippen LogP contribution < -0.4 is 10.5 Å². The average Bonchev–Trinajstić information content (AvgIpc) is 2.53. The van der Waals surface area contributed by atoms with Gasteiger partial charge in [0.25, 0.3) is 5.56 Å². The van der Waals surface area contributed by atoms with Gasteiger partial charge in [-0.25, -0.2) is 15.0 Å². The Morgan fingerprint density at radius 3 is 2.96 bits per heavy atom. The number of pyridine rings is 1. The molecule has 0 radical (unpaired) electrons. The highest BCUT2D eigenvalue weighted by Gasteiger charge is 2.23. The van der Waals surface area contributed by atoms with Gasteiger partial charge in [-0.05, 0) is 19.9 Å². The molecule has 7 nitrogen and oxygen atoms in total. The van der Waals surface area contributed by atoms with Crippen LogP contribution in [0.1, 0.15) is 22.9 Å². The molecule has 0 amide bonds. The zero-order valence-electron chi connectivity index (χ0n) is 13.0. The van der Waals surface area contributed by atoms with Crippen molar-refractivity contribution in [1.82, 2.24) is 24.9 Å². The topological polar surface area (TPSA) is 87.7 Å². The first-order chi connectivity index (χ1) is 11.1. The molecule has 3 aromatic rings. The van der Waals surface area contributed by atoms with E-state index in [1.165, 1.54) is 0 Å². The van der Waals surface area contributed by atoms with Crippen molar-refractivity contribution in [1.29, 1.82) is 0 Å². The van der Waals surface area contributed by atoms with E-state index in [9.17, 15) is 4.79 Å². The molecule has 1 N–H and O–H groups in total. The second kappa shape index (κ2) is 5.12. The predicted molar refractivity (Wildman–Crippen MR) is 86.4 cm³/mol. The van der Waals surface area contributed by atoms with Gasteiger partial charge in [0.2, 0.25) is 0 Å². The highest BCUT2D eigenvalue weighted by molar-refractivity contribution is 5.88. The van der Waals surface area contributed by atoms with Crippen molar-refractivity contribution >= 4 is 16.7 Å². The molecule has 23 heavy (non-hydrogen) atoms. The van der Waals surface area contributed by atoms with Gasteiger partial charge in [0, 0.05) is 24.5 Å². The van der Waals surface area contributed by atoms with Gasteiger partial charge in [0.05, 0.1) is 29.5 Å².